The molecule has 7 nitrogen and oxygen atoms in total. The molecule has 4 aromatic rings. The van der Waals surface area contributed by atoms with Crippen LogP contribution in [0, 0.1) is 5.82 Å². The second-order valence-corrected chi connectivity index (χ2v) is 6.02. The molecule has 4 rings (SSSR count). The largest absolute Gasteiger partial charge is 0.332 e. The molecular formula is C18H11ClFN5O2. The average Bonchev–Trinajstić information content (AvgIpc) is 3.16. The van der Waals surface area contributed by atoms with Crippen LogP contribution < -0.4 is 5.56 Å². The van der Waals surface area contributed by atoms with E-state index in [-0.39, 0.29) is 23.0 Å². The summed E-state index contributed by atoms with van der Waals surface area (Å²) >= 11 is 6.03. The van der Waals surface area contributed by atoms with Gasteiger partial charge in [-0.2, -0.15) is 10.1 Å². The van der Waals surface area contributed by atoms with Crippen LogP contribution in [0.2, 0.25) is 5.02 Å². The van der Waals surface area contributed by atoms with E-state index in [2.05, 4.69) is 20.2 Å². The Bertz CT molecular complexity index is 1160. The third-order valence-corrected chi connectivity index (χ3v) is 4.14. The van der Waals surface area contributed by atoms with Crippen molar-refractivity contribution in [1.29, 1.82) is 0 Å². The fourth-order valence-corrected chi connectivity index (χ4v) is 2.66. The van der Waals surface area contributed by atoms with Crippen LogP contribution in [-0.4, -0.2) is 24.9 Å². The van der Waals surface area contributed by atoms with Crippen LogP contribution in [0.1, 0.15) is 5.56 Å². The molecule has 3 heterocycles. The molecule has 0 bridgehead atoms. The van der Waals surface area contributed by atoms with Gasteiger partial charge in [-0.3, -0.25) is 9.78 Å². The standard InChI is InChI=1S/C18H11ClFN5O2/c19-14-9-13(20)2-1-12(14)10-25-16(26)4-3-15(23-25)18-22-17(24-27-18)11-5-7-21-8-6-11/h1-9H,10H2. The van der Waals surface area contributed by atoms with Gasteiger partial charge in [-0.05, 0) is 35.9 Å². The van der Waals surface area contributed by atoms with Gasteiger partial charge in [-0.1, -0.05) is 22.8 Å². The van der Waals surface area contributed by atoms with E-state index in [0.29, 0.717) is 17.1 Å². The number of benzene rings is 1. The van der Waals surface area contributed by atoms with Gasteiger partial charge in [0.2, 0.25) is 5.82 Å². The molecule has 0 aliphatic heterocycles. The van der Waals surface area contributed by atoms with E-state index in [1.807, 2.05) is 0 Å². The average molecular weight is 384 g/mol. The molecule has 27 heavy (non-hydrogen) atoms. The minimum absolute atomic E-state index is 0.0805. The molecule has 1 aromatic carbocycles. The van der Waals surface area contributed by atoms with Crippen molar-refractivity contribution < 1.29 is 8.91 Å². The Kier molecular flexibility index (Phi) is 4.47. The summed E-state index contributed by atoms with van der Waals surface area (Å²) in [6.45, 7) is 0.0805. The Labute approximate surface area is 157 Å². The molecule has 0 N–H and O–H groups in total. The number of nitrogens with zero attached hydrogens (tertiary/aromatic N) is 5. The van der Waals surface area contributed by atoms with Gasteiger partial charge in [0, 0.05) is 29.0 Å². The zero-order valence-electron chi connectivity index (χ0n) is 13.7. The van der Waals surface area contributed by atoms with E-state index in [9.17, 15) is 9.18 Å². The van der Waals surface area contributed by atoms with Gasteiger partial charge in [0.25, 0.3) is 11.4 Å². The first-order valence-corrected chi connectivity index (χ1v) is 8.24. The van der Waals surface area contributed by atoms with E-state index in [0.717, 1.165) is 5.56 Å². The second-order valence-electron chi connectivity index (χ2n) is 5.61. The highest BCUT2D eigenvalue weighted by Crippen LogP contribution is 2.20. The molecule has 0 aliphatic carbocycles. The topological polar surface area (TPSA) is 86.7 Å². The third kappa shape index (κ3) is 3.61. The molecule has 0 fully saturated rings. The second kappa shape index (κ2) is 7.08. The molecule has 0 aliphatic rings. The van der Waals surface area contributed by atoms with Gasteiger partial charge in [0.05, 0.1) is 6.54 Å². The molecule has 134 valence electrons. The molecular weight excluding hydrogens is 373 g/mol. The molecule has 0 saturated carbocycles. The predicted molar refractivity (Wildman–Crippen MR) is 95.5 cm³/mol. The Morgan fingerprint density at radius 2 is 1.93 bits per heavy atom. The number of pyridine rings is 1. The maximum atomic E-state index is 13.2. The summed E-state index contributed by atoms with van der Waals surface area (Å²) in [7, 11) is 0. The zero-order chi connectivity index (χ0) is 18.8. The van der Waals surface area contributed by atoms with Gasteiger partial charge in [0.15, 0.2) is 0 Å². The summed E-state index contributed by atoms with van der Waals surface area (Å²) in [5.41, 5.74) is 1.30. The maximum Gasteiger partial charge on any atom is 0.278 e. The molecule has 0 saturated heterocycles. The van der Waals surface area contributed by atoms with Crippen LogP contribution in [0.25, 0.3) is 23.0 Å². The van der Waals surface area contributed by atoms with Gasteiger partial charge in [-0.15, -0.1) is 0 Å². The summed E-state index contributed by atoms with van der Waals surface area (Å²) in [5, 5.41) is 8.38. The van der Waals surface area contributed by atoms with Crippen molar-refractivity contribution in [2.45, 2.75) is 6.54 Å². The SMILES string of the molecule is O=c1ccc(-c2nc(-c3ccncc3)no2)nn1Cc1ccc(F)cc1Cl. The van der Waals surface area contributed by atoms with Crippen molar-refractivity contribution in [3.05, 3.63) is 81.6 Å². The van der Waals surface area contributed by atoms with Crippen LogP contribution in [0.15, 0.2) is 64.2 Å². The fraction of sp³-hybridized carbons (Fsp3) is 0.0556. The normalized spacial score (nSPS) is 10.9. The maximum absolute atomic E-state index is 13.2. The smallest absolute Gasteiger partial charge is 0.278 e. The first-order valence-electron chi connectivity index (χ1n) is 7.87. The quantitative estimate of drug-likeness (QED) is 0.538. The van der Waals surface area contributed by atoms with E-state index in [1.54, 1.807) is 24.5 Å². The van der Waals surface area contributed by atoms with Crippen molar-refractivity contribution in [1.82, 2.24) is 24.9 Å². The lowest BCUT2D eigenvalue weighted by Crippen LogP contribution is -2.23. The molecule has 3 aromatic heterocycles. The minimum atomic E-state index is -0.452. The van der Waals surface area contributed by atoms with E-state index in [1.165, 1.54) is 35.0 Å². The highest BCUT2D eigenvalue weighted by Gasteiger charge is 2.14. The lowest BCUT2D eigenvalue weighted by molar-refractivity contribution is 0.429. The van der Waals surface area contributed by atoms with Crippen molar-refractivity contribution in [2.24, 2.45) is 0 Å². The van der Waals surface area contributed by atoms with Gasteiger partial charge < -0.3 is 4.52 Å². The number of halogens is 2. The Hall–Kier alpha value is -3.39. The highest BCUT2D eigenvalue weighted by atomic mass is 35.5. The molecule has 0 spiro atoms. The van der Waals surface area contributed by atoms with E-state index < -0.39 is 5.82 Å². The Balaban J connectivity index is 1.67. The van der Waals surface area contributed by atoms with Crippen LogP contribution in [-0.2, 0) is 6.54 Å². The molecule has 0 amide bonds. The van der Waals surface area contributed by atoms with Crippen LogP contribution in [0.5, 0.6) is 0 Å². The summed E-state index contributed by atoms with van der Waals surface area (Å²) in [4.78, 5) is 20.4. The monoisotopic (exact) mass is 383 g/mol. The first-order chi connectivity index (χ1) is 13.1. The molecule has 0 radical (unpaired) electrons. The van der Waals surface area contributed by atoms with Crippen LogP contribution in [0.4, 0.5) is 4.39 Å². The summed E-state index contributed by atoms with van der Waals surface area (Å²) < 4.78 is 19.6. The molecule has 0 unspecified atom stereocenters. The van der Waals surface area contributed by atoms with Crippen LogP contribution in [0.3, 0.4) is 0 Å². The van der Waals surface area contributed by atoms with Gasteiger partial charge in [-0.25, -0.2) is 9.07 Å². The fourth-order valence-electron chi connectivity index (χ4n) is 2.43. The van der Waals surface area contributed by atoms with Crippen molar-refractivity contribution >= 4 is 11.6 Å². The number of hydrogen-bond donors (Lipinski definition) is 0. The zero-order valence-corrected chi connectivity index (χ0v) is 14.5. The minimum Gasteiger partial charge on any atom is -0.332 e. The Morgan fingerprint density at radius 1 is 1.11 bits per heavy atom. The predicted octanol–water partition coefficient (Wildman–Crippen LogP) is 3.20. The van der Waals surface area contributed by atoms with Crippen molar-refractivity contribution in [2.75, 3.05) is 0 Å². The number of hydrogen-bond acceptors (Lipinski definition) is 6. The third-order valence-electron chi connectivity index (χ3n) is 3.79. The summed E-state index contributed by atoms with van der Waals surface area (Å²) in [6, 6.07) is 10.3. The van der Waals surface area contributed by atoms with Crippen molar-refractivity contribution in [3.8, 4) is 23.0 Å². The Morgan fingerprint density at radius 3 is 2.70 bits per heavy atom. The van der Waals surface area contributed by atoms with Crippen molar-refractivity contribution in [3.63, 3.8) is 0 Å². The number of rotatable bonds is 4. The summed E-state index contributed by atoms with van der Waals surface area (Å²) in [5.74, 6) is 0.0987. The summed E-state index contributed by atoms with van der Waals surface area (Å²) in [6.07, 6.45) is 3.24. The molecule has 9 heteroatoms. The highest BCUT2D eigenvalue weighted by molar-refractivity contribution is 6.31. The lowest BCUT2D eigenvalue weighted by Gasteiger charge is -2.07. The number of aromatic nitrogens is 5. The van der Waals surface area contributed by atoms with E-state index in [4.69, 9.17) is 16.1 Å². The van der Waals surface area contributed by atoms with Crippen LogP contribution >= 0.6 is 11.6 Å². The van der Waals surface area contributed by atoms with Gasteiger partial charge in [0.1, 0.15) is 11.5 Å². The molecule has 0 atom stereocenters. The first kappa shape index (κ1) is 17.0. The lowest BCUT2D eigenvalue weighted by atomic mass is 10.2. The van der Waals surface area contributed by atoms with Gasteiger partial charge >= 0.3 is 0 Å². The van der Waals surface area contributed by atoms with E-state index >= 15 is 0 Å².